The van der Waals surface area contributed by atoms with E-state index in [9.17, 15) is 13.2 Å². The van der Waals surface area contributed by atoms with E-state index in [2.05, 4.69) is 0 Å². The minimum atomic E-state index is -3.11. The lowest BCUT2D eigenvalue weighted by atomic mass is 10.2. The molecule has 0 aromatic carbocycles. The molecule has 0 bridgehead atoms. The van der Waals surface area contributed by atoms with Crippen LogP contribution in [0.2, 0.25) is 0 Å². The van der Waals surface area contributed by atoms with Crippen molar-refractivity contribution < 1.29 is 18.3 Å². The average molecular weight is 192 g/mol. The summed E-state index contributed by atoms with van der Waals surface area (Å²) in [6, 6.07) is 0. The van der Waals surface area contributed by atoms with Crippen molar-refractivity contribution in [3.63, 3.8) is 0 Å². The molecule has 0 aliphatic heterocycles. The van der Waals surface area contributed by atoms with Gasteiger partial charge in [-0.25, -0.2) is 8.42 Å². The van der Waals surface area contributed by atoms with Crippen LogP contribution in [-0.2, 0) is 14.6 Å². The van der Waals surface area contributed by atoms with Crippen molar-refractivity contribution >= 4 is 15.8 Å². The van der Waals surface area contributed by atoms with Crippen molar-refractivity contribution in [1.29, 1.82) is 0 Å². The number of hydrogen-bond acceptors (Lipinski definition) is 3. The van der Waals surface area contributed by atoms with Gasteiger partial charge in [-0.1, -0.05) is 6.92 Å². The number of sulfone groups is 1. The van der Waals surface area contributed by atoms with Gasteiger partial charge in [-0.15, -0.1) is 0 Å². The summed E-state index contributed by atoms with van der Waals surface area (Å²) in [5, 5.41) is 8.23. The first kappa shape index (κ1) is 9.51. The van der Waals surface area contributed by atoms with E-state index in [1.165, 1.54) is 6.92 Å². The van der Waals surface area contributed by atoms with E-state index in [4.69, 9.17) is 5.11 Å². The third-order valence-electron chi connectivity index (χ3n) is 1.94. The fourth-order valence-electron chi connectivity index (χ4n) is 0.983. The third-order valence-corrected chi connectivity index (χ3v) is 4.39. The molecule has 1 aliphatic carbocycles. The molecule has 0 aromatic heterocycles. The van der Waals surface area contributed by atoms with E-state index in [-0.39, 0.29) is 11.0 Å². The van der Waals surface area contributed by atoms with E-state index in [1.54, 1.807) is 0 Å². The highest BCUT2D eigenvalue weighted by molar-refractivity contribution is 7.92. The molecule has 1 aliphatic rings. The second-order valence-electron chi connectivity index (χ2n) is 3.27. The van der Waals surface area contributed by atoms with Crippen molar-refractivity contribution in [2.45, 2.75) is 25.0 Å². The first-order chi connectivity index (χ1) is 5.43. The van der Waals surface area contributed by atoms with Gasteiger partial charge < -0.3 is 5.11 Å². The molecule has 0 aromatic rings. The second kappa shape index (κ2) is 3.05. The summed E-state index contributed by atoms with van der Waals surface area (Å²) in [6.07, 6.45) is 1.41. The average Bonchev–Trinajstić information content (AvgIpc) is 2.65. The van der Waals surface area contributed by atoms with Crippen molar-refractivity contribution in [3.8, 4) is 0 Å². The zero-order valence-electron chi connectivity index (χ0n) is 6.86. The first-order valence-corrected chi connectivity index (χ1v) is 5.59. The fourth-order valence-corrected chi connectivity index (χ4v) is 2.95. The molecule has 5 heteroatoms. The number of rotatable bonds is 4. The Morgan fingerprint density at radius 1 is 1.58 bits per heavy atom. The van der Waals surface area contributed by atoms with E-state index < -0.39 is 21.7 Å². The van der Waals surface area contributed by atoms with Crippen LogP contribution in [0, 0.1) is 5.92 Å². The van der Waals surface area contributed by atoms with Crippen molar-refractivity contribution in [3.05, 3.63) is 0 Å². The maximum atomic E-state index is 11.2. The van der Waals surface area contributed by atoms with Gasteiger partial charge in [0.2, 0.25) is 0 Å². The normalized spacial score (nSPS) is 20.4. The Morgan fingerprint density at radius 2 is 2.08 bits per heavy atom. The maximum absolute atomic E-state index is 11.2. The zero-order chi connectivity index (χ0) is 9.35. The molecule has 1 unspecified atom stereocenters. The molecule has 0 spiro atoms. The molecular weight excluding hydrogens is 180 g/mol. The van der Waals surface area contributed by atoms with Gasteiger partial charge in [0.1, 0.15) is 0 Å². The van der Waals surface area contributed by atoms with Crippen LogP contribution >= 0.6 is 0 Å². The highest BCUT2D eigenvalue weighted by Gasteiger charge is 2.37. The Balaban J connectivity index is 2.55. The molecular formula is C7H12O4S. The standard InChI is InChI=1S/C7H12O4S/c1-5(7(8)9)4-12(10,11)6-2-3-6/h5-6H,2-4H2,1H3,(H,8,9). The third kappa shape index (κ3) is 2.20. The lowest BCUT2D eigenvalue weighted by molar-refractivity contribution is -0.140. The Bertz CT molecular complexity index is 276. The molecule has 1 fully saturated rings. The van der Waals surface area contributed by atoms with Gasteiger partial charge in [0.05, 0.1) is 16.9 Å². The van der Waals surface area contributed by atoms with Crippen LogP contribution in [0.25, 0.3) is 0 Å². The summed E-state index contributed by atoms with van der Waals surface area (Å²) in [4.78, 5) is 10.4. The molecule has 70 valence electrons. The molecule has 4 nitrogen and oxygen atoms in total. The predicted molar refractivity (Wildman–Crippen MR) is 43.6 cm³/mol. The monoisotopic (exact) mass is 192 g/mol. The van der Waals surface area contributed by atoms with E-state index in [0.717, 1.165) is 0 Å². The number of aliphatic carboxylic acids is 1. The fraction of sp³-hybridized carbons (Fsp3) is 0.857. The van der Waals surface area contributed by atoms with Crippen LogP contribution in [-0.4, -0.2) is 30.5 Å². The lowest BCUT2D eigenvalue weighted by Gasteiger charge is -2.05. The van der Waals surface area contributed by atoms with Gasteiger partial charge in [0.25, 0.3) is 0 Å². The van der Waals surface area contributed by atoms with Crippen molar-refractivity contribution in [2.24, 2.45) is 5.92 Å². The lowest BCUT2D eigenvalue weighted by Crippen LogP contribution is -2.23. The summed E-state index contributed by atoms with van der Waals surface area (Å²) < 4.78 is 22.5. The van der Waals surface area contributed by atoms with Gasteiger partial charge in [0, 0.05) is 0 Å². The first-order valence-electron chi connectivity index (χ1n) is 3.88. The predicted octanol–water partition coefficient (Wildman–Crippen LogP) is 0.284. The van der Waals surface area contributed by atoms with Crippen LogP contribution in [0.4, 0.5) is 0 Å². The molecule has 1 rings (SSSR count). The highest BCUT2D eigenvalue weighted by Crippen LogP contribution is 2.29. The van der Waals surface area contributed by atoms with Gasteiger partial charge in [-0.2, -0.15) is 0 Å². The summed E-state index contributed by atoms with van der Waals surface area (Å²) in [5.74, 6) is -2.04. The largest absolute Gasteiger partial charge is 0.481 e. The Hall–Kier alpha value is -0.580. The quantitative estimate of drug-likeness (QED) is 0.694. The van der Waals surface area contributed by atoms with E-state index in [0.29, 0.717) is 12.8 Å². The summed E-state index contributed by atoms with van der Waals surface area (Å²) in [6.45, 7) is 1.42. The SMILES string of the molecule is CC(CS(=O)(=O)C1CC1)C(=O)O. The molecule has 1 N–H and O–H groups in total. The molecule has 12 heavy (non-hydrogen) atoms. The number of hydrogen-bond donors (Lipinski definition) is 1. The molecule has 1 saturated carbocycles. The number of carbonyl (C=O) groups is 1. The van der Waals surface area contributed by atoms with Crippen LogP contribution in [0.5, 0.6) is 0 Å². The minimum absolute atomic E-state index is 0.215. The topological polar surface area (TPSA) is 71.4 Å². The molecule has 0 saturated heterocycles. The Kier molecular flexibility index (Phi) is 2.41. The van der Waals surface area contributed by atoms with E-state index in [1.807, 2.05) is 0 Å². The molecule has 1 atom stereocenters. The molecule has 0 amide bonds. The van der Waals surface area contributed by atoms with Crippen LogP contribution < -0.4 is 0 Å². The number of carboxylic acids is 1. The summed E-state index contributed by atoms with van der Waals surface area (Å²) >= 11 is 0. The van der Waals surface area contributed by atoms with Crippen LogP contribution in [0.1, 0.15) is 19.8 Å². The number of carboxylic acid groups (broad SMARTS) is 1. The van der Waals surface area contributed by atoms with Gasteiger partial charge >= 0.3 is 5.97 Å². The summed E-state index contributed by atoms with van der Waals surface area (Å²) in [5.41, 5.74) is 0. The van der Waals surface area contributed by atoms with Crippen LogP contribution in [0.3, 0.4) is 0 Å². The van der Waals surface area contributed by atoms with E-state index >= 15 is 0 Å². The van der Waals surface area contributed by atoms with Crippen molar-refractivity contribution in [1.82, 2.24) is 0 Å². The second-order valence-corrected chi connectivity index (χ2v) is 5.59. The Morgan fingerprint density at radius 3 is 2.42 bits per heavy atom. The maximum Gasteiger partial charge on any atom is 0.307 e. The minimum Gasteiger partial charge on any atom is -0.481 e. The van der Waals surface area contributed by atoms with Gasteiger partial charge in [-0.3, -0.25) is 4.79 Å². The smallest absolute Gasteiger partial charge is 0.307 e. The summed E-state index contributed by atoms with van der Waals surface area (Å²) in [7, 11) is -3.11. The van der Waals surface area contributed by atoms with Gasteiger partial charge in [-0.05, 0) is 12.8 Å². The van der Waals surface area contributed by atoms with Crippen molar-refractivity contribution in [2.75, 3.05) is 5.75 Å². The highest BCUT2D eigenvalue weighted by atomic mass is 32.2. The zero-order valence-corrected chi connectivity index (χ0v) is 7.67. The molecule has 0 radical (unpaired) electrons. The Labute approximate surface area is 71.5 Å². The van der Waals surface area contributed by atoms with Crippen LogP contribution in [0.15, 0.2) is 0 Å². The van der Waals surface area contributed by atoms with Gasteiger partial charge in [0.15, 0.2) is 9.84 Å². The molecule has 0 heterocycles.